The van der Waals surface area contributed by atoms with Crippen molar-refractivity contribution >= 4 is 28.9 Å². The van der Waals surface area contributed by atoms with Crippen LogP contribution in [0.3, 0.4) is 0 Å². The number of piperidine rings is 1. The highest BCUT2D eigenvalue weighted by atomic mass is 19.1. The topological polar surface area (TPSA) is 78.0 Å². The molecule has 3 N–H and O–H groups in total. The van der Waals surface area contributed by atoms with Crippen molar-refractivity contribution in [1.82, 2.24) is 4.90 Å². The number of amidine groups is 1. The zero-order chi connectivity index (χ0) is 21.8. The van der Waals surface area contributed by atoms with Crippen molar-refractivity contribution in [3.63, 3.8) is 0 Å². The molecule has 2 amide bonds. The molecule has 0 aliphatic carbocycles. The van der Waals surface area contributed by atoms with Crippen LogP contribution in [-0.4, -0.2) is 55.7 Å². The molecule has 0 aromatic heterocycles. The highest BCUT2D eigenvalue weighted by Gasteiger charge is 2.44. The van der Waals surface area contributed by atoms with Crippen molar-refractivity contribution in [2.24, 2.45) is 4.99 Å². The molecule has 164 valence electrons. The number of carbonyl (C=O) groups is 1. The zero-order valence-electron chi connectivity index (χ0n) is 17.3. The summed E-state index contributed by atoms with van der Waals surface area (Å²) in [5.41, 5.74) is 1.19. The lowest BCUT2D eigenvalue weighted by atomic mass is 9.85. The Hall–Kier alpha value is -3.20. The van der Waals surface area contributed by atoms with Gasteiger partial charge in [-0.1, -0.05) is 12.1 Å². The minimum atomic E-state index is -0.812. The average molecular weight is 429 g/mol. The lowest BCUT2D eigenvalue weighted by molar-refractivity contribution is 0.186. The van der Waals surface area contributed by atoms with Crippen LogP contribution in [-0.2, 0) is 4.74 Å². The molecule has 31 heavy (non-hydrogen) atoms. The Kier molecular flexibility index (Phi) is 6.03. The number of hydrogen-bond acceptors (Lipinski definition) is 4. The molecule has 2 aromatic carbocycles. The Morgan fingerprint density at radius 3 is 2.84 bits per heavy atom. The van der Waals surface area contributed by atoms with E-state index in [0.29, 0.717) is 26.2 Å². The number of hydrogen-bond donors (Lipinski definition) is 3. The van der Waals surface area contributed by atoms with Gasteiger partial charge in [-0.2, -0.15) is 0 Å². The molecule has 0 bridgehead atoms. The maximum Gasteiger partial charge on any atom is 0.322 e. The Morgan fingerprint density at radius 2 is 2.06 bits per heavy atom. The molecule has 2 heterocycles. The SMILES string of the molecule is COCCN=C1Nc2ccccc2NC12CCCN(C(=O)Nc1ccc(F)cc1F)C2. The van der Waals surface area contributed by atoms with Crippen LogP contribution in [0.4, 0.5) is 30.6 Å². The number of anilines is 3. The van der Waals surface area contributed by atoms with Crippen LogP contribution in [0, 0.1) is 11.6 Å². The lowest BCUT2D eigenvalue weighted by Gasteiger charge is -2.47. The van der Waals surface area contributed by atoms with Crippen LogP contribution in [0.5, 0.6) is 0 Å². The fourth-order valence-corrected chi connectivity index (χ4v) is 4.01. The first-order chi connectivity index (χ1) is 15.0. The molecule has 4 rings (SSSR count). The molecule has 7 nitrogen and oxygen atoms in total. The second-order valence-electron chi connectivity index (χ2n) is 7.68. The van der Waals surface area contributed by atoms with E-state index in [1.54, 1.807) is 12.0 Å². The quantitative estimate of drug-likeness (QED) is 0.644. The van der Waals surface area contributed by atoms with E-state index in [-0.39, 0.29) is 5.69 Å². The van der Waals surface area contributed by atoms with Gasteiger partial charge in [0.05, 0.1) is 36.8 Å². The van der Waals surface area contributed by atoms with E-state index < -0.39 is 23.2 Å². The smallest absolute Gasteiger partial charge is 0.322 e. The molecule has 1 unspecified atom stereocenters. The summed E-state index contributed by atoms with van der Waals surface area (Å²) in [6, 6.07) is 10.5. The van der Waals surface area contributed by atoms with E-state index in [9.17, 15) is 13.6 Å². The summed E-state index contributed by atoms with van der Waals surface area (Å²) >= 11 is 0. The van der Waals surface area contributed by atoms with Gasteiger partial charge in [-0.25, -0.2) is 13.6 Å². The third kappa shape index (κ3) is 4.46. The molecule has 2 aliphatic heterocycles. The lowest BCUT2D eigenvalue weighted by Crippen LogP contribution is -2.63. The summed E-state index contributed by atoms with van der Waals surface area (Å²) in [6.45, 7) is 1.83. The molecule has 0 radical (unpaired) electrons. The number of aliphatic imine (C=N–C) groups is 1. The van der Waals surface area contributed by atoms with Gasteiger partial charge in [0, 0.05) is 19.7 Å². The number of ether oxygens (including phenoxy) is 1. The monoisotopic (exact) mass is 429 g/mol. The van der Waals surface area contributed by atoms with Crippen LogP contribution in [0.25, 0.3) is 0 Å². The normalized spacial score (nSPS) is 21.4. The maximum atomic E-state index is 14.0. The van der Waals surface area contributed by atoms with Crippen molar-refractivity contribution in [3.8, 4) is 0 Å². The molecular formula is C22H25F2N5O2. The summed E-state index contributed by atoms with van der Waals surface area (Å²) in [5, 5.41) is 9.54. The van der Waals surface area contributed by atoms with Gasteiger partial charge in [-0.3, -0.25) is 4.99 Å². The number of likely N-dealkylation sites (tertiary alicyclic amines) is 1. The zero-order valence-corrected chi connectivity index (χ0v) is 17.3. The number of amides is 2. The number of fused-ring (bicyclic) bond motifs is 1. The third-order valence-electron chi connectivity index (χ3n) is 5.53. The molecule has 1 spiro atoms. The molecule has 2 aromatic rings. The average Bonchev–Trinajstić information content (AvgIpc) is 2.76. The van der Waals surface area contributed by atoms with Crippen LogP contribution < -0.4 is 16.0 Å². The van der Waals surface area contributed by atoms with Crippen LogP contribution in [0.1, 0.15) is 12.8 Å². The van der Waals surface area contributed by atoms with E-state index in [1.807, 2.05) is 24.3 Å². The van der Waals surface area contributed by atoms with E-state index in [1.165, 1.54) is 6.07 Å². The summed E-state index contributed by atoms with van der Waals surface area (Å²) in [7, 11) is 1.62. The van der Waals surface area contributed by atoms with Gasteiger partial charge in [0.15, 0.2) is 0 Å². The van der Waals surface area contributed by atoms with Crippen LogP contribution in [0.2, 0.25) is 0 Å². The fraction of sp³-hybridized carbons (Fsp3) is 0.364. The van der Waals surface area contributed by atoms with Gasteiger partial charge in [-0.15, -0.1) is 0 Å². The number of carbonyl (C=O) groups excluding carboxylic acids is 1. The fourth-order valence-electron chi connectivity index (χ4n) is 4.01. The largest absolute Gasteiger partial charge is 0.383 e. The standard InChI is InChI=1S/C22H25F2N5O2/c1-31-12-10-25-20-22(28-19-6-3-2-5-18(19)26-20)9-4-11-29(14-22)21(30)27-17-8-7-15(23)13-16(17)24/h2-3,5-8,13,28H,4,9-12,14H2,1H3,(H,25,26)(H,27,30). The second-order valence-corrected chi connectivity index (χ2v) is 7.68. The second kappa shape index (κ2) is 8.89. The Labute approximate surface area is 179 Å². The van der Waals surface area contributed by atoms with E-state index >= 15 is 0 Å². The van der Waals surface area contributed by atoms with Crippen LogP contribution >= 0.6 is 0 Å². The van der Waals surface area contributed by atoms with Crippen molar-refractivity contribution in [2.75, 3.05) is 49.3 Å². The Morgan fingerprint density at radius 1 is 1.26 bits per heavy atom. The molecule has 1 fully saturated rings. The number of methoxy groups -OCH3 is 1. The summed E-state index contributed by atoms with van der Waals surface area (Å²) in [5.74, 6) is -0.762. The third-order valence-corrected chi connectivity index (χ3v) is 5.53. The number of para-hydroxylation sites is 2. The predicted octanol–water partition coefficient (Wildman–Crippen LogP) is 3.91. The minimum absolute atomic E-state index is 0.0555. The number of urea groups is 1. The van der Waals surface area contributed by atoms with E-state index in [2.05, 4.69) is 16.0 Å². The van der Waals surface area contributed by atoms with Crippen molar-refractivity contribution in [1.29, 1.82) is 0 Å². The molecule has 9 heteroatoms. The highest BCUT2D eigenvalue weighted by Crippen LogP contribution is 2.36. The number of nitrogens with zero attached hydrogens (tertiary/aromatic N) is 2. The first-order valence-electron chi connectivity index (χ1n) is 10.2. The van der Waals surface area contributed by atoms with E-state index in [0.717, 1.165) is 42.2 Å². The molecule has 0 saturated carbocycles. The number of benzene rings is 2. The van der Waals surface area contributed by atoms with Gasteiger partial charge in [0.25, 0.3) is 0 Å². The summed E-state index contributed by atoms with van der Waals surface area (Å²) < 4.78 is 32.3. The molecular weight excluding hydrogens is 404 g/mol. The first kappa shape index (κ1) is 21.0. The van der Waals surface area contributed by atoms with Gasteiger partial charge >= 0.3 is 6.03 Å². The number of halogens is 2. The number of nitrogens with one attached hydrogen (secondary N) is 3. The van der Waals surface area contributed by atoms with Gasteiger partial charge < -0.3 is 25.6 Å². The molecule has 1 saturated heterocycles. The van der Waals surface area contributed by atoms with Crippen molar-refractivity contribution in [3.05, 3.63) is 54.1 Å². The minimum Gasteiger partial charge on any atom is -0.383 e. The van der Waals surface area contributed by atoms with Gasteiger partial charge in [0.2, 0.25) is 0 Å². The summed E-state index contributed by atoms with van der Waals surface area (Å²) in [4.78, 5) is 19.2. The molecule has 1 atom stereocenters. The Bertz CT molecular complexity index is 1000. The van der Waals surface area contributed by atoms with Crippen molar-refractivity contribution < 1.29 is 18.3 Å². The number of rotatable bonds is 4. The molecule has 2 aliphatic rings. The first-order valence-corrected chi connectivity index (χ1v) is 10.2. The Balaban J connectivity index is 1.57. The maximum absolute atomic E-state index is 14.0. The van der Waals surface area contributed by atoms with Gasteiger partial charge in [-0.05, 0) is 37.1 Å². The van der Waals surface area contributed by atoms with Crippen LogP contribution in [0.15, 0.2) is 47.5 Å². The highest BCUT2D eigenvalue weighted by molar-refractivity contribution is 6.10. The predicted molar refractivity (Wildman–Crippen MR) is 117 cm³/mol. The van der Waals surface area contributed by atoms with Crippen molar-refractivity contribution in [2.45, 2.75) is 18.4 Å². The van der Waals surface area contributed by atoms with E-state index in [4.69, 9.17) is 9.73 Å². The summed E-state index contributed by atoms with van der Waals surface area (Å²) in [6.07, 6.45) is 1.51. The van der Waals surface area contributed by atoms with Gasteiger partial charge in [0.1, 0.15) is 23.0 Å².